The number of hydrogen-bond acceptors (Lipinski definition) is 4. The highest BCUT2D eigenvalue weighted by Crippen LogP contribution is 2.34. The molecule has 0 fully saturated rings. The van der Waals surface area contributed by atoms with E-state index >= 15 is 0 Å². The van der Waals surface area contributed by atoms with Crippen LogP contribution in [0.2, 0.25) is 0 Å². The van der Waals surface area contributed by atoms with Crippen molar-refractivity contribution in [3.8, 4) is 17.2 Å². The fourth-order valence-corrected chi connectivity index (χ4v) is 2.75. The van der Waals surface area contributed by atoms with Gasteiger partial charge in [0, 0.05) is 11.8 Å². The molecule has 2 N–H and O–H groups in total. The lowest BCUT2D eigenvalue weighted by Gasteiger charge is -2.18. The molecule has 0 saturated heterocycles. The van der Waals surface area contributed by atoms with Crippen LogP contribution in [0, 0.1) is 13.8 Å². The third-order valence-electron chi connectivity index (χ3n) is 3.99. The second-order valence-electron chi connectivity index (χ2n) is 6.12. The van der Waals surface area contributed by atoms with Gasteiger partial charge in [-0.15, -0.1) is 0 Å². The molecule has 3 rings (SSSR count). The molecule has 0 saturated carbocycles. The van der Waals surface area contributed by atoms with Crippen molar-refractivity contribution in [1.29, 1.82) is 0 Å². The molecule has 1 aliphatic rings. The van der Waals surface area contributed by atoms with E-state index in [1.165, 1.54) is 11.1 Å². The summed E-state index contributed by atoms with van der Waals surface area (Å²) in [7, 11) is 0. The second-order valence-corrected chi connectivity index (χ2v) is 6.53. The summed E-state index contributed by atoms with van der Waals surface area (Å²) in [6, 6.07) is 11.8. The molecule has 0 aromatic heterocycles. The summed E-state index contributed by atoms with van der Waals surface area (Å²) in [5.41, 5.74) is 3.33. The summed E-state index contributed by atoms with van der Waals surface area (Å²) in [5, 5.41) is 6.90. The quantitative estimate of drug-likeness (QED) is 0.793. The molecule has 0 spiro atoms. The molecule has 0 amide bonds. The first kappa shape index (κ1) is 17.4. The molecular weight excluding hydrogens is 336 g/mol. The first-order chi connectivity index (χ1) is 12.0. The Kier molecular flexibility index (Phi) is 5.28. The zero-order valence-corrected chi connectivity index (χ0v) is 15.4. The van der Waals surface area contributed by atoms with E-state index < -0.39 is 0 Å². The maximum absolute atomic E-state index is 5.83. The molecule has 132 valence electrons. The van der Waals surface area contributed by atoms with Crippen LogP contribution >= 0.6 is 12.2 Å². The van der Waals surface area contributed by atoms with Gasteiger partial charge in [0.2, 0.25) is 6.79 Å². The number of rotatable bonds is 5. The van der Waals surface area contributed by atoms with Gasteiger partial charge in [-0.05, 0) is 68.4 Å². The van der Waals surface area contributed by atoms with Crippen molar-refractivity contribution in [1.82, 2.24) is 5.32 Å². The lowest BCUT2D eigenvalue weighted by atomic mass is 10.1. The predicted octanol–water partition coefficient (Wildman–Crippen LogP) is 3.79. The molecule has 1 aliphatic heterocycles. The van der Waals surface area contributed by atoms with E-state index in [0.717, 1.165) is 22.9 Å². The van der Waals surface area contributed by atoms with Crippen LogP contribution in [0.5, 0.6) is 17.2 Å². The van der Waals surface area contributed by atoms with Gasteiger partial charge in [0.15, 0.2) is 16.6 Å². The summed E-state index contributed by atoms with van der Waals surface area (Å²) >= 11 is 5.36. The zero-order chi connectivity index (χ0) is 17.8. The Morgan fingerprint density at radius 1 is 1.12 bits per heavy atom. The third kappa shape index (κ3) is 4.54. The van der Waals surface area contributed by atoms with Crippen LogP contribution in [-0.2, 0) is 0 Å². The van der Waals surface area contributed by atoms with E-state index in [2.05, 4.69) is 30.5 Å². The summed E-state index contributed by atoms with van der Waals surface area (Å²) in [6.07, 6.45) is 0. The highest BCUT2D eigenvalue weighted by molar-refractivity contribution is 7.80. The van der Waals surface area contributed by atoms with Gasteiger partial charge in [0.25, 0.3) is 0 Å². The summed E-state index contributed by atoms with van der Waals surface area (Å²) in [6.45, 7) is 6.96. The first-order valence-electron chi connectivity index (χ1n) is 8.18. The Hall–Kier alpha value is -2.47. The molecule has 0 radical (unpaired) electrons. The van der Waals surface area contributed by atoms with Crippen LogP contribution in [0.3, 0.4) is 0 Å². The Balaban J connectivity index is 1.48. The molecule has 1 atom stereocenters. The van der Waals surface area contributed by atoms with Crippen LogP contribution in [-0.4, -0.2) is 24.6 Å². The largest absolute Gasteiger partial charge is 0.491 e. The summed E-state index contributed by atoms with van der Waals surface area (Å²) in [5.74, 6) is 2.34. The third-order valence-corrected chi connectivity index (χ3v) is 4.21. The monoisotopic (exact) mass is 358 g/mol. The first-order valence-corrected chi connectivity index (χ1v) is 8.59. The topological polar surface area (TPSA) is 51.8 Å². The number of aryl methyl sites for hydroxylation is 2. The lowest BCUT2D eigenvalue weighted by molar-refractivity contribution is 0.174. The maximum Gasteiger partial charge on any atom is 0.231 e. The average Bonchev–Trinajstić information content (AvgIpc) is 3.03. The van der Waals surface area contributed by atoms with Gasteiger partial charge in [-0.3, -0.25) is 0 Å². The minimum atomic E-state index is 0.0654. The van der Waals surface area contributed by atoms with Crippen molar-refractivity contribution >= 4 is 23.0 Å². The number of nitrogens with one attached hydrogen (secondary N) is 2. The van der Waals surface area contributed by atoms with Crippen LogP contribution in [0.15, 0.2) is 36.4 Å². The molecule has 5 nitrogen and oxygen atoms in total. The summed E-state index contributed by atoms with van der Waals surface area (Å²) < 4.78 is 16.5. The SMILES string of the molecule is Cc1ccc(OCC(C)NC(=S)Nc2ccc3c(c2)OCO3)cc1C. The van der Waals surface area contributed by atoms with Crippen molar-refractivity contribution in [2.75, 3.05) is 18.7 Å². The highest BCUT2D eigenvalue weighted by Gasteiger charge is 2.14. The number of hydrogen-bond donors (Lipinski definition) is 2. The van der Waals surface area contributed by atoms with E-state index in [4.69, 9.17) is 26.4 Å². The van der Waals surface area contributed by atoms with E-state index in [0.29, 0.717) is 11.7 Å². The normalized spacial score (nSPS) is 13.2. The van der Waals surface area contributed by atoms with E-state index in [1.54, 1.807) is 0 Å². The van der Waals surface area contributed by atoms with Gasteiger partial charge < -0.3 is 24.8 Å². The number of ether oxygens (including phenoxy) is 3. The Bertz CT molecular complexity index is 779. The smallest absolute Gasteiger partial charge is 0.231 e. The van der Waals surface area contributed by atoms with Gasteiger partial charge in [-0.1, -0.05) is 6.07 Å². The van der Waals surface area contributed by atoms with E-state index in [9.17, 15) is 0 Å². The molecule has 2 aromatic rings. The van der Waals surface area contributed by atoms with E-state index in [1.807, 2.05) is 37.3 Å². The Morgan fingerprint density at radius 3 is 2.72 bits per heavy atom. The van der Waals surface area contributed by atoms with Crippen molar-refractivity contribution in [2.24, 2.45) is 0 Å². The lowest BCUT2D eigenvalue weighted by Crippen LogP contribution is -2.39. The molecular formula is C19H22N2O3S. The molecule has 2 aromatic carbocycles. The number of benzene rings is 2. The summed E-state index contributed by atoms with van der Waals surface area (Å²) in [4.78, 5) is 0. The van der Waals surface area contributed by atoms with Gasteiger partial charge >= 0.3 is 0 Å². The van der Waals surface area contributed by atoms with Crippen LogP contribution in [0.25, 0.3) is 0 Å². The molecule has 1 unspecified atom stereocenters. The van der Waals surface area contributed by atoms with Gasteiger partial charge in [0.1, 0.15) is 12.4 Å². The Morgan fingerprint density at radius 2 is 1.92 bits per heavy atom. The number of fused-ring (bicyclic) bond motifs is 1. The number of anilines is 1. The molecule has 0 bridgehead atoms. The molecule has 1 heterocycles. The highest BCUT2D eigenvalue weighted by atomic mass is 32.1. The zero-order valence-electron chi connectivity index (χ0n) is 14.6. The second kappa shape index (κ2) is 7.61. The minimum absolute atomic E-state index is 0.0654. The average molecular weight is 358 g/mol. The van der Waals surface area contributed by atoms with Gasteiger partial charge in [-0.25, -0.2) is 0 Å². The van der Waals surface area contributed by atoms with Crippen LogP contribution in [0.1, 0.15) is 18.1 Å². The maximum atomic E-state index is 5.83. The minimum Gasteiger partial charge on any atom is -0.491 e. The molecule has 6 heteroatoms. The van der Waals surface area contributed by atoms with Crippen LogP contribution in [0.4, 0.5) is 5.69 Å². The van der Waals surface area contributed by atoms with Crippen molar-refractivity contribution < 1.29 is 14.2 Å². The standard InChI is InChI=1S/C19H22N2O3S/c1-12-4-6-16(8-13(12)2)22-10-14(3)20-19(25)21-15-5-7-17-18(9-15)24-11-23-17/h4-9,14H,10-11H2,1-3H3,(H2,20,21,25). The fourth-order valence-electron chi connectivity index (χ4n) is 2.43. The predicted molar refractivity (Wildman–Crippen MR) is 103 cm³/mol. The van der Waals surface area contributed by atoms with Gasteiger partial charge in [-0.2, -0.15) is 0 Å². The van der Waals surface area contributed by atoms with Gasteiger partial charge in [0.05, 0.1) is 6.04 Å². The van der Waals surface area contributed by atoms with Crippen molar-refractivity contribution in [3.05, 3.63) is 47.5 Å². The van der Waals surface area contributed by atoms with Crippen LogP contribution < -0.4 is 24.8 Å². The Labute approximate surface area is 153 Å². The molecule has 0 aliphatic carbocycles. The van der Waals surface area contributed by atoms with Crippen molar-refractivity contribution in [2.45, 2.75) is 26.8 Å². The fraction of sp³-hybridized carbons (Fsp3) is 0.316. The number of thiocarbonyl (C=S) groups is 1. The molecule has 25 heavy (non-hydrogen) atoms. The van der Waals surface area contributed by atoms with E-state index in [-0.39, 0.29) is 12.8 Å². The van der Waals surface area contributed by atoms with Crippen molar-refractivity contribution in [3.63, 3.8) is 0 Å².